The molecule has 1 unspecified atom stereocenters. The third kappa shape index (κ3) is 2.86. The van der Waals surface area contributed by atoms with Crippen molar-refractivity contribution in [3.05, 3.63) is 30.1 Å². The molecule has 0 radical (unpaired) electrons. The minimum atomic E-state index is -0.533. The average Bonchev–Trinajstić information content (AvgIpc) is 2.37. The summed E-state index contributed by atoms with van der Waals surface area (Å²) < 4.78 is 18.5. The molecule has 0 spiro atoms. The third-order valence-corrected chi connectivity index (χ3v) is 2.92. The van der Waals surface area contributed by atoms with Gasteiger partial charge in [0.25, 0.3) is 5.91 Å². The number of aliphatic hydroxyl groups excluding tert-OH is 1. The van der Waals surface area contributed by atoms with Crippen LogP contribution >= 0.6 is 0 Å². The van der Waals surface area contributed by atoms with Crippen molar-refractivity contribution in [2.75, 3.05) is 24.7 Å². The average molecular weight is 253 g/mol. The number of carbonyl (C=O) groups excluding carboxylic acids is 1. The first kappa shape index (κ1) is 13.0. The number of benzene rings is 1. The largest absolute Gasteiger partial charge is 0.396 e. The van der Waals surface area contributed by atoms with E-state index < -0.39 is 6.10 Å². The summed E-state index contributed by atoms with van der Waals surface area (Å²) in [6.45, 7) is 0.892. The predicted molar refractivity (Wildman–Crippen MR) is 64.8 cm³/mol. The fourth-order valence-electron chi connectivity index (χ4n) is 2.03. The van der Waals surface area contributed by atoms with E-state index >= 15 is 0 Å². The molecule has 0 bridgehead atoms. The van der Waals surface area contributed by atoms with Crippen molar-refractivity contribution in [3.8, 4) is 0 Å². The molecule has 2 rings (SSSR count). The normalized spacial score (nSPS) is 20.2. The molecular formula is C13H16FNO3. The topological polar surface area (TPSA) is 49.8 Å². The number of nitrogens with zero attached hydrogens (tertiary/aromatic N) is 1. The van der Waals surface area contributed by atoms with Gasteiger partial charge in [-0.1, -0.05) is 6.07 Å². The van der Waals surface area contributed by atoms with Gasteiger partial charge >= 0.3 is 0 Å². The maximum Gasteiger partial charge on any atom is 0.256 e. The summed E-state index contributed by atoms with van der Waals surface area (Å²) in [5, 5.41) is 8.77. The van der Waals surface area contributed by atoms with Gasteiger partial charge in [0, 0.05) is 18.8 Å². The van der Waals surface area contributed by atoms with Crippen LogP contribution in [0.15, 0.2) is 24.3 Å². The Balaban J connectivity index is 2.11. The molecule has 1 aromatic carbocycles. The molecule has 4 nitrogen and oxygen atoms in total. The van der Waals surface area contributed by atoms with Crippen molar-refractivity contribution in [1.29, 1.82) is 0 Å². The number of rotatable bonds is 4. The van der Waals surface area contributed by atoms with Gasteiger partial charge in [-0.15, -0.1) is 0 Å². The van der Waals surface area contributed by atoms with E-state index in [0.717, 1.165) is 0 Å². The fourth-order valence-corrected chi connectivity index (χ4v) is 2.03. The minimum Gasteiger partial charge on any atom is -0.396 e. The number of halogens is 1. The number of anilines is 1. The van der Waals surface area contributed by atoms with Crippen molar-refractivity contribution < 1.29 is 19.0 Å². The summed E-state index contributed by atoms with van der Waals surface area (Å²) in [5.74, 6) is -0.529. The summed E-state index contributed by atoms with van der Waals surface area (Å²) in [5.41, 5.74) is 0.553. The van der Waals surface area contributed by atoms with E-state index in [1.165, 1.54) is 17.0 Å². The van der Waals surface area contributed by atoms with Crippen molar-refractivity contribution in [2.24, 2.45) is 0 Å². The van der Waals surface area contributed by atoms with E-state index in [2.05, 4.69) is 0 Å². The van der Waals surface area contributed by atoms with E-state index in [-0.39, 0.29) is 18.3 Å². The summed E-state index contributed by atoms with van der Waals surface area (Å²) >= 11 is 0. The second-order valence-electron chi connectivity index (χ2n) is 4.20. The molecule has 1 heterocycles. The summed E-state index contributed by atoms with van der Waals surface area (Å²) in [7, 11) is 0. The van der Waals surface area contributed by atoms with Gasteiger partial charge in [-0.2, -0.15) is 0 Å². The van der Waals surface area contributed by atoms with Crippen molar-refractivity contribution in [2.45, 2.75) is 18.9 Å². The van der Waals surface area contributed by atoms with E-state index in [1.54, 1.807) is 12.1 Å². The highest BCUT2D eigenvalue weighted by molar-refractivity contribution is 5.97. The molecule has 0 aromatic heterocycles. The molecule has 1 saturated heterocycles. The zero-order valence-corrected chi connectivity index (χ0v) is 10.0. The number of amides is 1. The molecule has 1 fully saturated rings. The van der Waals surface area contributed by atoms with E-state index in [9.17, 15) is 9.18 Å². The molecular weight excluding hydrogens is 237 g/mol. The van der Waals surface area contributed by atoms with Gasteiger partial charge in [0.2, 0.25) is 0 Å². The number of carbonyl (C=O) groups is 1. The van der Waals surface area contributed by atoms with Gasteiger partial charge in [0.05, 0.1) is 6.61 Å². The zero-order valence-electron chi connectivity index (χ0n) is 10.0. The first-order valence-corrected chi connectivity index (χ1v) is 6.02. The molecule has 5 heteroatoms. The van der Waals surface area contributed by atoms with Crippen LogP contribution in [0, 0.1) is 5.82 Å². The Morgan fingerprint density at radius 3 is 3.06 bits per heavy atom. The molecule has 1 amide bonds. The monoisotopic (exact) mass is 253 g/mol. The van der Waals surface area contributed by atoms with E-state index in [4.69, 9.17) is 9.84 Å². The fraction of sp³-hybridized carbons (Fsp3) is 0.462. The highest BCUT2D eigenvalue weighted by Gasteiger charge is 2.30. The molecule has 0 aliphatic carbocycles. The Morgan fingerprint density at radius 1 is 1.50 bits per heavy atom. The SMILES string of the molecule is O=C1C(CCCO)OCCN1c1cccc(F)c1. The highest BCUT2D eigenvalue weighted by Crippen LogP contribution is 2.21. The van der Waals surface area contributed by atoms with Gasteiger partial charge in [-0.3, -0.25) is 4.79 Å². The van der Waals surface area contributed by atoms with Crippen LogP contribution in [0.5, 0.6) is 0 Å². The number of aliphatic hydroxyl groups is 1. The summed E-state index contributed by atoms with van der Waals surface area (Å²) in [6.07, 6.45) is 0.475. The molecule has 1 aliphatic rings. The smallest absolute Gasteiger partial charge is 0.256 e. The number of hydrogen-bond donors (Lipinski definition) is 1. The van der Waals surface area contributed by atoms with Gasteiger partial charge in [-0.25, -0.2) is 4.39 Å². The van der Waals surface area contributed by atoms with Crippen LogP contribution in [0.2, 0.25) is 0 Å². The maximum absolute atomic E-state index is 13.1. The molecule has 98 valence electrons. The highest BCUT2D eigenvalue weighted by atomic mass is 19.1. The maximum atomic E-state index is 13.1. The van der Waals surface area contributed by atoms with E-state index in [0.29, 0.717) is 31.7 Å². The minimum absolute atomic E-state index is 0.0348. The molecule has 0 saturated carbocycles. The lowest BCUT2D eigenvalue weighted by molar-refractivity contribution is -0.134. The van der Waals surface area contributed by atoms with Crippen LogP contribution in [0.25, 0.3) is 0 Å². The standard InChI is InChI=1S/C13H16FNO3/c14-10-3-1-4-11(9-10)15-6-8-18-12(13(15)17)5-2-7-16/h1,3-4,9,12,16H,2,5-8H2. The van der Waals surface area contributed by atoms with Crippen LogP contribution in [-0.4, -0.2) is 36.9 Å². The molecule has 1 N–H and O–H groups in total. The quantitative estimate of drug-likeness (QED) is 0.880. The lowest BCUT2D eigenvalue weighted by atomic mass is 10.1. The Morgan fingerprint density at radius 2 is 2.33 bits per heavy atom. The predicted octanol–water partition coefficient (Wildman–Crippen LogP) is 1.33. The van der Waals surface area contributed by atoms with Crippen LogP contribution in [0.3, 0.4) is 0 Å². The molecule has 1 aromatic rings. The zero-order chi connectivity index (χ0) is 13.0. The van der Waals surface area contributed by atoms with Gasteiger partial charge in [0.1, 0.15) is 11.9 Å². The summed E-state index contributed by atoms with van der Waals surface area (Å²) in [4.78, 5) is 13.7. The van der Waals surface area contributed by atoms with Crippen LogP contribution in [-0.2, 0) is 9.53 Å². The molecule has 1 aliphatic heterocycles. The van der Waals surface area contributed by atoms with Crippen molar-refractivity contribution in [1.82, 2.24) is 0 Å². The first-order chi connectivity index (χ1) is 8.72. The second kappa shape index (κ2) is 5.93. The molecule has 18 heavy (non-hydrogen) atoms. The Kier molecular flexibility index (Phi) is 4.28. The van der Waals surface area contributed by atoms with Gasteiger partial charge in [0.15, 0.2) is 0 Å². The van der Waals surface area contributed by atoms with Crippen LogP contribution < -0.4 is 4.90 Å². The van der Waals surface area contributed by atoms with Crippen molar-refractivity contribution >= 4 is 11.6 Å². The third-order valence-electron chi connectivity index (χ3n) is 2.92. The summed E-state index contributed by atoms with van der Waals surface area (Å²) in [6, 6.07) is 5.97. The van der Waals surface area contributed by atoms with Gasteiger partial charge < -0.3 is 14.7 Å². The van der Waals surface area contributed by atoms with Crippen molar-refractivity contribution in [3.63, 3.8) is 0 Å². The lowest BCUT2D eigenvalue weighted by Gasteiger charge is -2.32. The first-order valence-electron chi connectivity index (χ1n) is 6.02. The number of morpholine rings is 1. The van der Waals surface area contributed by atoms with Gasteiger partial charge in [-0.05, 0) is 31.0 Å². The molecule has 1 atom stereocenters. The Labute approximate surface area is 105 Å². The second-order valence-corrected chi connectivity index (χ2v) is 4.20. The Bertz CT molecular complexity index is 424. The lowest BCUT2D eigenvalue weighted by Crippen LogP contribution is -2.48. The van der Waals surface area contributed by atoms with Crippen LogP contribution in [0.1, 0.15) is 12.8 Å². The van der Waals surface area contributed by atoms with E-state index in [1.807, 2.05) is 0 Å². The number of ether oxygens (including phenoxy) is 1. The van der Waals surface area contributed by atoms with Crippen LogP contribution in [0.4, 0.5) is 10.1 Å². The Hall–Kier alpha value is -1.46. The number of hydrogen-bond acceptors (Lipinski definition) is 3.